The Morgan fingerprint density at radius 3 is 1.64 bits per heavy atom. The SMILES string of the molecule is CC(C)CC(NC(=O)C(N)CCC(=O)O)C(=O)NC(CCC(=O)O)C(=O)NC(CO)C(=O)O. The first-order chi connectivity index (χ1) is 15.3. The molecule has 0 saturated heterocycles. The van der Waals surface area contributed by atoms with Crippen LogP contribution in [0, 0.1) is 5.92 Å². The van der Waals surface area contributed by atoms with Gasteiger partial charge in [-0.3, -0.25) is 24.0 Å². The molecule has 0 radical (unpaired) electrons. The number of aliphatic carboxylic acids is 3. The zero-order valence-corrected chi connectivity index (χ0v) is 18.4. The van der Waals surface area contributed by atoms with E-state index in [9.17, 15) is 28.8 Å². The Morgan fingerprint density at radius 2 is 1.18 bits per heavy atom. The summed E-state index contributed by atoms with van der Waals surface area (Å²) >= 11 is 0. The number of carbonyl (C=O) groups excluding carboxylic acids is 3. The Balaban J connectivity index is 5.45. The van der Waals surface area contributed by atoms with Gasteiger partial charge < -0.3 is 42.1 Å². The molecule has 9 N–H and O–H groups in total. The zero-order valence-electron chi connectivity index (χ0n) is 18.4. The normalized spacial score (nSPS) is 14.5. The second kappa shape index (κ2) is 14.7. The predicted molar refractivity (Wildman–Crippen MR) is 112 cm³/mol. The average Bonchev–Trinajstić information content (AvgIpc) is 2.71. The topological polar surface area (TPSA) is 245 Å². The van der Waals surface area contributed by atoms with E-state index in [1.807, 2.05) is 5.32 Å². The van der Waals surface area contributed by atoms with Crippen molar-refractivity contribution < 1.29 is 49.2 Å². The van der Waals surface area contributed by atoms with Gasteiger partial charge >= 0.3 is 17.9 Å². The van der Waals surface area contributed by atoms with Crippen molar-refractivity contribution >= 4 is 35.6 Å². The lowest BCUT2D eigenvalue weighted by Gasteiger charge is -2.25. The molecular formula is C19H32N4O10. The van der Waals surface area contributed by atoms with Crippen molar-refractivity contribution in [3.05, 3.63) is 0 Å². The van der Waals surface area contributed by atoms with Crippen LogP contribution in [0.5, 0.6) is 0 Å². The summed E-state index contributed by atoms with van der Waals surface area (Å²) in [6.07, 6.45) is -1.33. The van der Waals surface area contributed by atoms with Gasteiger partial charge in [-0.05, 0) is 25.2 Å². The molecule has 0 saturated carbocycles. The van der Waals surface area contributed by atoms with Crippen molar-refractivity contribution in [3.8, 4) is 0 Å². The number of rotatable bonds is 16. The zero-order chi connectivity index (χ0) is 25.7. The number of aliphatic hydroxyl groups is 1. The molecule has 0 aliphatic carbocycles. The standard InChI is InChI=1S/C19H32N4O10/c1-9(2)7-12(22-16(29)10(20)3-5-14(25)26)18(31)21-11(4-6-15(27)28)17(30)23-13(8-24)19(32)33/h9-13,24H,3-8,20H2,1-2H3,(H,21,31)(H,22,29)(H,23,30)(H,25,26)(H,27,28)(H,32,33). The van der Waals surface area contributed by atoms with Gasteiger partial charge in [-0.25, -0.2) is 4.79 Å². The molecule has 3 amide bonds. The highest BCUT2D eigenvalue weighted by molar-refractivity contribution is 5.94. The molecule has 4 atom stereocenters. The van der Waals surface area contributed by atoms with Crippen LogP contribution in [0.2, 0.25) is 0 Å². The van der Waals surface area contributed by atoms with Crippen LogP contribution in [0.3, 0.4) is 0 Å². The third-order valence-electron chi connectivity index (χ3n) is 4.42. The number of nitrogens with one attached hydrogen (secondary N) is 3. The molecule has 14 nitrogen and oxygen atoms in total. The van der Waals surface area contributed by atoms with Crippen LogP contribution in [0.1, 0.15) is 46.0 Å². The fourth-order valence-electron chi connectivity index (χ4n) is 2.66. The summed E-state index contributed by atoms with van der Waals surface area (Å²) in [4.78, 5) is 70.1. The van der Waals surface area contributed by atoms with Crippen LogP contribution >= 0.6 is 0 Å². The van der Waals surface area contributed by atoms with E-state index in [0.29, 0.717) is 0 Å². The number of carbonyl (C=O) groups is 6. The van der Waals surface area contributed by atoms with Crippen LogP contribution in [0.25, 0.3) is 0 Å². The van der Waals surface area contributed by atoms with Crippen molar-refractivity contribution in [3.63, 3.8) is 0 Å². The molecule has 4 unspecified atom stereocenters. The molecule has 0 aliphatic heterocycles. The molecule has 0 heterocycles. The molecule has 0 aliphatic rings. The van der Waals surface area contributed by atoms with Gasteiger partial charge in [-0.15, -0.1) is 0 Å². The second-order valence-electron chi connectivity index (χ2n) is 7.81. The number of amides is 3. The predicted octanol–water partition coefficient (Wildman–Crippen LogP) is -2.38. The van der Waals surface area contributed by atoms with Gasteiger partial charge in [-0.1, -0.05) is 13.8 Å². The molecule has 0 aromatic heterocycles. The second-order valence-corrected chi connectivity index (χ2v) is 7.81. The highest BCUT2D eigenvalue weighted by Gasteiger charge is 2.30. The molecule has 0 aromatic rings. The first-order valence-corrected chi connectivity index (χ1v) is 10.2. The minimum atomic E-state index is -1.67. The lowest BCUT2D eigenvalue weighted by atomic mass is 10.0. The molecule has 0 bridgehead atoms. The lowest BCUT2D eigenvalue weighted by Crippen LogP contribution is -2.57. The van der Waals surface area contributed by atoms with E-state index < -0.39 is 72.8 Å². The van der Waals surface area contributed by atoms with E-state index >= 15 is 0 Å². The van der Waals surface area contributed by atoms with Gasteiger partial charge in [-0.2, -0.15) is 0 Å². The third kappa shape index (κ3) is 12.4. The van der Waals surface area contributed by atoms with Gasteiger partial charge in [0.1, 0.15) is 18.1 Å². The molecule has 0 rings (SSSR count). The van der Waals surface area contributed by atoms with Crippen LogP contribution in [-0.2, 0) is 28.8 Å². The Labute approximate surface area is 189 Å². The summed E-state index contributed by atoms with van der Waals surface area (Å²) in [5, 5.41) is 42.3. The monoisotopic (exact) mass is 476 g/mol. The van der Waals surface area contributed by atoms with Crippen LogP contribution in [0.4, 0.5) is 0 Å². The number of carboxylic acid groups (broad SMARTS) is 3. The van der Waals surface area contributed by atoms with Crippen molar-refractivity contribution in [2.75, 3.05) is 6.61 Å². The Kier molecular flexibility index (Phi) is 13.3. The molecule has 33 heavy (non-hydrogen) atoms. The van der Waals surface area contributed by atoms with Gasteiger partial charge in [0.15, 0.2) is 0 Å². The molecule has 0 fully saturated rings. The van der Waals surface area contributed by atoms with E-state index in [4.69, 9.17) is 26.2 Å². The summed E-state index contributed by atoms with van der Waals surface area (Å²) < 4.78 is 0. The quantitative estimate of drug-likeness (QED) is 0.117. The molecule has 14 heteroatoms. The fourth-order valence-corrected chi connectivity index (χ4v) is 2.66. The van der Waals surface area contributed by atoms with Crippen LogP contribution in [-0.4, -0.2) is 86.8 Å². The number of nitrogens with two attached hydrogens (primary N) is 1. The van der Waals surface area contributed by atoms with Crippen molar-refractivity contribution in [1.82, 2.24) is 16.0 Å². The lowest BCUT2D eigenvalue weighted by molar-refractivity contribution is -0.144. The maximum absolute atomic E-state index is 12.8. The Bertz CT molecular complexity index is 727. The fraction of sp³-hybridized carbons (Fsp3) is 0.684. The molecular weight excluding hydrogens is 444 g/mol. The Hall–Kier alpha value is -3.26. The first kappa shape index (κ1) is 29.7. The minimum Gasteiger partial charge on any atom is -0.481 e. The smallest absolute Gasteiger partial charge is 0.328 e. The van der Waals surface area contributed by atoms with E-state index in [2.05, 4.69) is 10.6 Å². The molecule has 0 aromatic carbocycles. The highest BCUT2D eigenvalue weighted by atomic mass is 16.4. The summed E-state index contributed by atoms with van der Waals surface area (Å²) in [6.45, 7) is 2.58. The summed E-state index contributed by atoms with van der Waals surface area (Å²) in [5.41, 5.74) is 5.66. The summed E-state index contributed by atoms with van der Waals surface area (Å²) in [6, 6.07) is -5.51. The van der Waals surface area contributed by atoms with Gasteiger partial charge in [0.25, 0.3) is 0 Å². The van der Waals surface area contributed by atoms with E-state index in [1.165, 1.54) is 0 Å². The number of carboxylic acids is 3. The molecule has 0 spiro atoms. The maximum atomic E-state index is 12.8. The van der Waals surface area contributed by atoms with E-state index in [0.717, 1.165) is 0 Å². The van der Waals surface area contributed by atoms with Crippen molar-refractivity contribution in [2.45, 2.75) is 70.1 Å². The summed E-state index contributed by atoms with van der Waals surface area (Å²) in [7, 11) is 0. The first-order valence-electron chi connectivity index (χ1n) is 10.2. The maximum Gasteiger partial charge on any atom is 0.328 e. The summed E-state index contributed by atoms with van der Waals surface area (Å²) in [5.74, 6) is -6.71. The third-order valence-corrected chi connectivity index (χ3v) is 4.42. The van der Waals surface area contributed by atoms with E-state index in [1.54, 1.807) is 13.8 Å². The number of hydrogen-bond donors (Lipinski definition) is 8. The largest absolute Gasteiger partial charge is 0.481 e. The highest BCUT2D eigenvalue weighted by Crippen LogP contribution is 2.08. The van der Waals surface area contributed by atoms with Gasteiger partial charge in [0.2, 0.25) is 17.7 Å². The number of aliphatic hydroxyl groups excluding tert-OH is 1. The average molecular weight is 476 g/mol. The van der Waals surface area contributed by atoms with Crippen molar-refractivity contribution in [2.24, 2.45) is 11.7 Å². The number of hydrogen-bond acceptors (Lipinski definition) is 8. The van der Waals surface area contributed by atoms with Gasteiger partial charge in [0, 0.05) is 12.8 Å². The minimum absolute atomic E-state index is 0.103. The molecule has 188 valence electrons. The Morgan fingerprint density at radius 1 is 0.727 bits per heavy atom. The van der Waals surface area contributed by atoms with Crippen molar-refractivity contribution in [1.29, 1.82) is 0 Å². The van der Waals surface area contributed by atoms with E-state index in [-0.39, 0.29) is 31.6 Å². The van der Waals surface area contributed by atoms with Gasteiger partial charge in [0.05, 0.1) is 12.6 Å². The van der Waals surface area contributed by atoms with Crippen LogP contribution in [0.15, 0.2) is 0 Å². The van der Waals surface area contributed by atoms with Crippen LogP contribution < -0.4 is 21.7 Å².